The van der Waals surface area contributed by atoms with Crippen molar-refractivity contribution in [2.45, 2.75) is 13.3 Å². The van der Waals surface area contributed by atoms with Gasteiger partial charge in [-0.1, -0.05) is 0 Å². The fourth-order valence-electron chi connectivity index (χ4n) is 0.968. The molecule has 1 rings (SSSR count). The Hall–Kier alpha value is -1.10. The Labute approximate surface area is 91.0 Å². The van der Waals surface area contributed by atoms with E-state index in [0.29, 0.717) is 13.0 Å². The number of carbonyl (C=O) groups excluding carboxylic acids is 1. The number of hydrogen-bond acceptors (Lipinski definition) is 3. The predicted molar refractivity (Wildman–Crippen MR) is 59.0 cm³/mol. The van der Waals surface area contributed by atoms with E-state index in [1.54, 1.807) is 6.20 Å². The molecule has 1 heterocycles. The zero-order valence-electron chi connectivity index (χ0n) is 7.88. The molecule has 0 spiro atoms. The first-order chi connectivity index (χ1) is 6.61. The van der Waals surface area contributed by atoms with Crippen molar-refractivity contribution in [1.29, 1.82) is 0 Å². The fraction of sp³-hybridized carbons (Fsp3) is 0.333. The van der Waals surface area contributed by atoms with Crippen LogP contribution in [0, 0.1) is 6.92 Å². The monoisotopic (exact) mass is 257 g/mol. The summed E-state index contributed by atoms with van der Waals surface area (Å²) in [5.41, 5.74) is 6.11. The molecule has 3 N–H and O–H groups in total. The second-order valence-electron chi connectivity index (χ2n) is 2.93. The number of hydrogen-bond donors (Lipinski definition) is 2. The van der Waals surface area contributed by atoms with Gasteiger partial charge in [-0.15, -0.1) is 0 Å². The molecule has 0 saturated carbocycles. The molecule has 0 aliphatic heterocycles. The molecule has 4 nitrogen and oxygen atoms in total. The highest BCUT2D eigenvalue weighted by Crippen LogP contribution is 2.22. The summed E-state index contributed by atoms with van der Waals surface area (Å²) in [7, 11) is 0. The standard InChI is InChI=1S/C9H12BrN3O/c1-6-2-4-12-9(8(6)10)13-5-3-7(11)14/h2,4H,3,5H2,1H3,(H2,11,14)(H,12,13). The number of halogens is 1. The summed E-state index contributed by atoms with van der Waals surface area (Å²) < 4.78 is 0.921. The predicted octanol–water partition coefficient (Wildman–Crippen LogP) is 1.44. The first kappa shape index (κ1) is 11.0. The van der Waals surface area contributed by atoms with Gasteiger partial charge in [-0.2, -0.15) is 0 Å². The van der Waals surface area contributed by atoms with E-state index in [4.69, 9.17) is 5.73 Å². The fourth-order valence-corrected chi connectivity index (χ4v) is 1.34. The molecule has 0 fully saturated rings. The molecule has 5 heteroatoms. The van der Waals surface area contributed by atoms with Crippen LogP contribution >= 0.6 is 15.9 Å². The third-order valence-electron chi connectivity index (χ3n) is 1.75. The van der Waals surface area contributed by atoms with Crippen molar-refractivity contribution in [3.63, 3.8) is 0 Å². The molecular formula is C9H12BrN3O. The van der Waals surface area contributed by atoms with Gasteiger partial charge in [0.2, 0.25) is 5.91 Å². The normalized spacial score (nSPS) is 9.86. The highest BCUT2D eigenvalue weighted by atomic mass is 79.9. The van der Waals surface area contributed by atoms with Crippen molar-refractivity contribution < 1.29 is 4.79 Å². The van der Waals surface area contributed by atoms with Crippen LogP contribution in [0.2, 0.25) is 0 Å². The second kappa shape index (κ2) is 4.95. The average Bonchev–Trinajstić information content (AvgIpc) is 2.12. The molecule has 1 aromatic heterocycles. The maximum absolute atomic E-state index is 10.5. The van der Waals surface area contributed by atoms with Crippen LogP contribution in [-0.2, 0) is 4.79 Å². The van der Waals surface area contributed by atoms with Crippen LogP contribution < -0.4 is 11.1 Å². The molecule has 1 aromatic rings. The lowest BCUT2D eigenvalue weighted by molar-refractivity contribution is -0.117. The van der Waals surface area contributed by atoms with E-state index in [1.807, 2.05) is 13.0 Å². The van der Waals surface area contributed by atoms with Crippen molar-refractivity contribution in [3.8, 4) is 0 Å². The van der Waals surface area contributed by atoms with E-state index in [1.165, 1.54) is 0 Å². The van der Waals surface area contributed by atoms with E-state index in [0.717, 1.165) is 15.9 Å². The van der Waals surface area contributed by atoms with E-state index in [9.17, 15) is 4.79 Å². The Morgan fingerprint density at radius 3 is 3.07 bits per heavy atom. The molecule has 0 aliphatic carbocycles. The first-order valence-electron chi connectivity index (χ1n) is 4.24. The third-order valence-corrected chi connectivity index (χ3v) is 2.75. The summed E-state index contributed by atoms with van der Waals surface area (Å²) in [6.07, 6.45) is 2.02. The largest absolute Gasteiger partial charge is 0.370 e. The van der Waals surface area contributed by atoms with Gasteiger partial charge in [0, 0.05) is 19.2 Å². The van der Waals surface area contributed by atoms with Gasteiger partial charge in [-0.3, -0.25) is 4.79 Å². The van der Waals surface area contributed by atoms with Gasteiger partial charge in [-0.25, -0.2) is 4.98 Å². The van der Waals surface area contributed by atoms with E-state index < -0.39 is 0 Å². The van der Waals surface area contributed by atoms with Crippen LogP contribution in [0.25, 0.3) is 0 Å². The summed E-state index contributed by atoms with van der Waals surface area (Å²) in [6, 6.07) is 1.91. The molecule has 0 unspecified atom stereocenters. The number of carbonyl (C=O) groups is 1. The summed E-state index contributed by atoms with van der Waals surface area (Å²) in [5.74, 6) is 0.424. The SMILES string of the molecule is Cc1ccnc(NCCC(N)=O)c1Br. The zero-order chi connectivity index (χ0) is 10.6. The van der Waals surface area contributed by atoms with Crippen molar-refractivity contribution >= 4 is 27.7 Å². The minimum absolute atomic E-state index is 0.308. The Bertz CT molecular complexity index is 341. The van der Waals surface area contributed by atoms with Gasteiger partial charge in [-0.05, 0) is 34.5 Å². The van der Waals surface area contributed by atoms with Gasteiger partial charge in [0.1, 0.15) is 5.82 Å². The van der Waals surface area contributed by atoms with Crippen LogP contribution in [0.5, 0.6) is 0 Å². The van der Waals surface area contributed by atoms with Crippen molar-refractivity contribution in [1.82, 2.24) is 4.98 Å². The molecule has 14 heavy (non-hydrogen) atoms. The number of amides is 1. The smallest absolute Gasteiger partial charge is 0.219 e. The minimum atomic E-state index is -0.318. The van der Waals surface area contributed by atoms with Crippen molar-refractivity contribution in [2.24, 2.45) is 5.73 Å². The quantitative estimate of drug-likeness (QED) is 0.858. The van der Waals surface area contributed by atoms with Crippen molar-refractivity contribution in [2.75, 3.05) is 11.9 Å². The highest BCUT2D eigenvalue weighted by Gasteiger charge is 2.03. The Balaban J connectivity index is 2.59. The maximum Gasteiger partial charge on any atom is 0.219 e. The van der Waals surface area contributed by atoms with E-state index in [2.05, 4.69) is 26.2 Å². The first-order valence-corrected chi connectivity index (χ1v) is 5.04. The molecular weight excluding hydrogens is 246 g/mol. The van der Waals surface area contributed by atoms with Crippen molar-refractivity contribution in [3.05, 3.63) is 22.3 Å². The second-order valence-corrected chi connectivity index (χ2v) is 3.73. The number of nitrogens with zero attached hydrogens (tertiary/aromatic N) is 1. The third kappa shape index (κ3) is 2.99. The molecule has 0 atom stereocenters. The molecule has 0 saturated heterocycles. The average molecular weight is 258 g/mol. The molecule has 1 amide bonds. The summed E-state index contributed by atoms with van der Waals surface area (Å²) in [6.45, 7) is 2.48. The number of pyridine rings is 1. The Kier molecular flexibility index (Phi) is 3.88. The van der Waals surface area contributed by atoms with Gasteiger partial charge in [0.15, 0.2) is 0 Å². The van der Waals surface area contributed by atoms with E-state index in [-0.39, 0.29) is 5.91 Å². The summed E-state index contributed by atoms with van der Waals surface area (Å²) >= 11 is 3.41. The van der Waals surface area contributed by atoms with Crippen LogP contribution in [0.1, 0.15) is 12.0 Å². The van der Waals surface area contributed by atoms with Gasteiger partial charge < -0.3 is 11.1 Å². The molecule has 0 aliphatic rings. The van der Waals surface area contributed by atoms with Gasteiger partial charge >= 0.3 is 0 Å². The molecule has 0 aromatic carbocycles. The molecule has 0 radical (unpaired) electrons. The van der Waals surface area contributed by atoms with Crippen LogP contribution in [0.4, 0.5) is 5.82 Å². The van der Waals surface area contributed by atoms with Gasteiger partial charge in [0.05, 0.1) is 4.47 Å². The van der Waals surface area contributed by atoms with Crippen LogP contribution in [0.3, 0.4) is 0 Å². The number of rotatable bonds is 4. The number of nitrogens with one attached hydrogen (secondary N) is 1. The number of aromatic nitrogens is 1. The minimum Gasteiger partial charge on any atom is -0.370 e. The summed E-state index contributed by atoms with van der Waals surface area (Å²) in [4.78, 5) is 14.6. The Morgan fingerprint density at radius 2 is 2.43 bits per heavy atom. The number of anilines is 1. The maximum atomic E-state index is 10.5. The van der Waals surface area contributed by atoms with Crippen LogP contribution in [0.15, 0.2) is 16.7 Å². The van der Waals surface area contributed by atoms with E-state index >= 15 is 0 Å². The number of primary amides is 1. The van der Waals surface area contributed by atoms with Gasteiger partial charge in [0.25, 0.3) is 0 Å². The lowest BCUT2D eigenvalue weighted by Crippen LogP contribution is -2.16. The number of nitrogens with two attached hydrogens (primary N) is 1. The topological polar surface area (TPSA) is 68.0 Å². The lowest BCUT2D eigenvalue weighted by Gasteiger charge is -2.07. The highest BCUT2D eigenvalue weighted by molar-refractivity contribution is 9.10. The zero-order valence-corrected chi connectivity index (χ0v) is 9.47. The molecule has 76 valence electrons. The summed E-state index contributed by atoms with van der Waals surface area (Å²) in [5, 5.41) is 3.03. The van der Waals surface area contributed by atoms with Crippen LogP contribution in [-0.4, -0.2) is 17.4 Å². The Morgan fingerprint density at radius 1 is 1.71 bits per heavy atom. The number of aryl methyl sites for hydroxylation is 1. The molecule has 0 bridgehead atoms. The lowest BCUT2D eigenvalue weighted by atomic mass is 10.3.